The number of likely N-dealkylation sites (tertiary alicyclic amines) is 1. The van der Waals surface area contributed by atoms with Crippen molar-refractivity contribution in [2.24, 2.45) is 17.8 Å². The molecule has 2 heterocycles. The van der Waals surface area contributed by atoms with E-state index in [1.807, 2.05) is 0 Å². The summed E-state index contributed by atoms with van der Waals surface area (Å²) in [6.45, 7) is 3.30. The molecule has 3 heteroatoms. The first-order valence-electron chi connectivity index (χ1n) is 10.4. The zero-order valence-corrected chi connectivity index (χ0v) is 15.3. The summed E-state index contributed by atoms with van der Waals surface area (Å²) < 4.78 is 0. The zero-order valence-electron chi connectivity index (χ0n) is 15.3. The van der Waals surface area contributed by atoms with Crippen molar-refractivity contribution in [3.8, 4) is 0 Å². The largest absolute Gasteiger partial charge is 0.353 e. The molecular weight excluding hydrogens is 308 g/mol. The third kappa shape index (κ3) is 4.08. The van der Waals surface area contributed by atoms with Crippen LogP contribution in [0.4, 0.5) is 0 Å². The molecule has 1 aromatic carbocycles. The lowest BCUT2D eigenvalue weighted by Gasteiger charge is -2.31. The van der Waals surface area contributed by atoms with Gasteiger partial charge < -0.3 is 5.32 Å². The van der Waals surface area contributed by atoms with Gasteiger partial charge in [0.2, 0.25) is 5.91 Å². The number of amides is 1. The Kier molecular flexibility index (Phi) is 5.40. The Morgan fingerprint density at radius 2 is 1.68 bits per heavy atom. The highest BCUT2D eigenvalue weighted by Gasteiger charge is 2.44. The summed E-state index contributed by atoms with van der Waals surface area (Å²) in [5.74, 6) is 2.25. The molecule has 0 bridgehead atoms. The zero-order chi connectivity index (χ0) is 17.1. The van der Waals surface area contributed by atoms with Crippen molar-refractivity contribution in [2.75, 3.05) is 13.1 Å². The van der Waals surface area contributed by atoms with Crippen molar-refractivity contribution in [2.45, 2.75) is 64.0 Å². The van der Waals surface area contributed by atoms with E-state index < -0.39 is 0 Å². The Balaban J connectivity index is 1.50. The molecule has 4 atom stereocenters. The summed E-state index contributed by atoms with van der Waals surface area (Å²) >= 11 is 0. The van der Waals surface area contributed by atoms with E-state index in [9.17, 15) is 4.79 Å². The normalized spacial score (nSPS) is 34.0. The molecule has 0 aromatic heterocycles. The number of hydrogen-bond donors (Lipinski definition) is 1. The number of carbonyl (C=O) groups is 1. The lowest BCUT2D eigenvalue weighted by Crippen LogP contribution is -2.41. The molecule has 0 radical (unpaired) electrons. The minimum atomic E-state index is 0.309. The monoisotopic (exact) mass is 340 g/mol. The van der Waals surface area contributed by atoms with Crippen molar-refractivity contribution in [3.63, 3.8) is 0 Å². The molecular formula is C22H32N2O. The van der Waals surface area contributed by atoms with E-state index >= 15 is 0 Å². The molecule has 0 spiro atoms. The van der Waals surface area contributed by atoms with E-state index in [0.717, 1.165) is 19.5 Å². The number of carbonyl (C=O) groups excluding carboxylic acids is 1. The molecule has 25 heavy (non-hydrogen) atoms. The van der Waals surface area contributed by atoms with Crippen LogP contribution in [0.3, 0.4) is 0 Å². The van der Waals surface area contributed by atoms with Gasteiger partial charge in [0.25, 0.3) is 0 Å². The van der Waals surface area contributed by atoms with Gasteiger partial charge in [-0.1, -0.05) is 62.4 Å². The molecule has 1 saturated carbocycles. The van der Waals surface area contributed by atoms with Gasteiger partial charge in [-0.3, -0.25) is 9.69 Å². The van der Waals surface area contributed by atoms with Gasteiger partial charge in [-0.2, -0.15) is 0 Å². The lowest BCUT2D eigenvalue weighted by molar-refractivity contribution is -0.122. The highest BCUT2D eigenvalue weighted by Crippen LogP contribution is 2.40. The van der Waals surface area contributed by atoms with Crippen LogP contribution >= 0.6 is 0 Å². The maximum absolute atomic E-state index is 12.5. The Morgan fingerprint density at radius 1 is 0.920 bits per heavy atom. The van der Waals surface area contributed by atoms with Gasteiger partial charge >= 0.3 is 0 Å². The molecule has 4 rings (SSSR count). The second kappa shape index (κ2) is 7.90. The highest BCUT2D eigenvalue weighted by molar-refractivity contribution is 5.77. The summed E-state index contributed by atoms with van der Waals surface area (Å²) in [5, 5.41) is 3.41. The maximum atomic E-state index is 12.5. The molecule has 3 aliphatic rings. The van der Waals surface area contributed by atoms with Crippen LogP contribution in [-0.2, 0) is 11.3 Å². The van der Waals surface area contributed by atoms with E-state index in [4.69, 9.17) is 0 Å². The van der Waals surface area contributed by atoms with E-state index in [1.165, 1.54) is 57.1 Å². The first-order chi connectivity index (χ1) is 12.3. The fourth-order valence-electron chi connectivity index (χ4n) is 5.55. The summed E-state index contributed by atoms with van der Waals surface area (Å²) in [5.41, 5.74) is 1.40. The summed E-state index contributed by atoms with van der Waals surface area (Å²) in [6.07, 6.45) is 9.97. The summed E-state index contributed by atoms with van der Waals surface area (Å²) in [4.78, 5) is 15.1. The van der Waals surface area contributed by atoms with Gasteiger partial charge in [-0.15, -0.1) is 0 Å². The van der Waals surface area contributed by atoms with Crippen LogP contribution in [-0.4, -0.2) is 29.9 Å². The van der Waals surface area contributed by atoms with E-state index in [0.29, 0.717) is 29.7 Å². The second-order valence-electron chi connectivity index (χ2n) is 8.49. The third-order valence-corrected chi connectivity index (χ3v) is 6.73. The van der Waals surface area contributed by atoms with Crippen LogP contribution in [0.1, 0.15) is 56.9 Å². The van der Waals surface area contributed by atoms with Gasteiger partial charge in [-0.05, 0) is 36.2 Å². The van der Waals surface area contributed by atoms with Crippen LogP contribution < -0.4 is 5.32 Å². The maximum Gasteiger partial charge on any atom is 0.220 e. The molecule has 3 fully saturated rings. The Hall–Kier alpha value is -1.35. The Morgan fingerprint density at radius 3 is 2.52 bits per heavy atom. The SMILES string of the molecule is O=C1CC2CN(Cc3ccccc3)CC2C2CCCCCCCC2N1. The molecule has 1 amide bonds. The highest BCUT2D eigenvalue weighted by atomic mass is 16.1. The number of hydrogen-bond acceptors (Lipinski definition) is 2. The molecule has 1 N–H and O–H groups in total. The Labute approximate surface area is 152 Å². The number of fused-ring (bicyclic) bond motifs is 3. The van der Waals surface area contributed by atoms with Crippen LogP contribution in [0, 0.1) is 17.8 Å². The molecule has 2 aliphatic heterocycles. The van der Waals surface area contributed by atoms with Crippen molar-refractivity contribution in [1.82, 2.24) is 10.2 Å². The van der Waals surface area contributed by atoms with Gasteiger partial charge in [0.1, 0.15) is 0 Å². The van der Waals surface area contributed by atoms with Gasteiger partial charge in [0.15, 0.2) is 0 Å². The molecule has 3 nitrogen and oxygen atoms in total. The van der Waals surface area contributed by atoms with Crippen molar-refractivity contribution >= 4 is 5.91 Å². The van der Waals surface area contributed by atoms with Crippen LogP contribution in [0.15, 0.2) is 30.3 Å². The molecule has 1 aromatic rings. The number of nitrogens with one attached hydrogen (secondary N) is 1. The van der Waals surface area contributed by atoms with Crippen LogP contribution in [0.5, 0.6) is 0 Å². The van der Waals surface area contributed by atoms with Crippen molar-refractivity contribution in [3.05, 3.63) is 35.9 Å². The van der Waals surface area contributed by atoms with E-state index in [2.05, 4.69) is 40.5 Å². The molecule has 136 valence electrons. The van der Waals surface area contributed by atoms with Gasteiger partial charge in [0.05, 0.1) is 0 Å². The number of benzene rings is 1. The van der Waals surface area contributed by atoms with E-state index in [-0.39, 0.29) is 0 Å². The predicted octanol–water partition coefficient (Wildman–Crippen LogP) is 3.98. The average molecular weight is 341 g/mol. The quantitative estimate of drug-likeness (QED) is 0.883. The summed E-state index contributed by atoms with van der Waals surface area (Å²) in [6, 6.07) is 11.2. The molecule has 2 saturated heterocycles. The molecule has 1 aliphatic carbocycles. The minimum Gasteiger partial charge on any atom is -0.353 e. The van der Waals surface area contributed by atoms with Gasteiger partial charge in [0, 0.05) is 32.1 Å². The fraction of sp³-hybridized carbons (Fsp3) is 0.682. The number of nitrogens with zero attached hydrogens (tertiary/aromatic N) is 1. The predicted molar refractivity (Wildman–Crippen MR) is 101 cm³/mol. The lowest BCUT2D eigenvalue weighted by atomic mass is 9.76. The number of rotatable bonds is 2. The second-order valence-corrected chi connectivity index (χ2v) is 8.49. The summed E-state index contributed by atoms with van der Waals surface area (Å²) in [7, 11) is 0. The van der Waals surface area contributed by atoms with Crippen molar-refractivity contribution in [1.29, 1.82) is 0 Å². The smallest absolute Gasteiger partial charge is 0.220 e. The topological polar surface area (TPSA) is 32.3 Å². The van der Waals surface area contributed by atoms with Crippen molar-refractivity contribution < 1.29 is 4.79 Å². The van der Waals surface area contributed by atoms with E-state index in [1.54, 1.807) is 0 Å². The van der Waals surface area contributed by atoms with Crippen LogP contribution in [0.2, 0.25) is 0 Å². The average Bonchev–Trinajstić information content (AvgIpc) is 2.98. The third-order valence-electron chi connectivity index (χ3n) is 6.73. The minimum absolute atomic E-state index is 0.309. The fourth-order valence-corrected chi connectivity index (χ4v) is 5.55. The first kappa shape index (κ1) is 17.1. The Bertz CT molecular complexity index is 573. The molecule has 4 unspecified atom stereocenters. The van der Waals surface area contributed by atoms with Crippen LogP contribution in [0.25, 0.3) is 0 Å². The first-order valence-corrected chi connectivity index (χ1v) is 10.4. The standard InChI is InChI=1S/C22H32N2O/c25-22-13-18-15-24(14-17-9-5-4-6-10-17)16-20(18)19-11-7-2-1-3-8-12-21(19)23-22/h4-6,9-10,18-21H,1-3,7-8,11-16H2,(H,23,25). The van der Waals surface area contributed by atoms with Gasteiger partial charge in [-0.25, -0.2) is 0 Å².